The lowest BCUT2D eigenvalue weighted by molar-refractivity contribution is -0.141. The molecule has 2 aromatic rings. The summed E-state index contributed by atoms with van der Waals surface area (Å²) in [6.45, 7) is 4.56. The van der Waals surface area contributed by atoms with Gasteiger partial charge in [0, 0.05) is 18.4 Å². The van der Waals surface area contributed by atoms with Crippen LogP contribution in [0.15, 0.2) is 41.8 Å². The van der Waals surface area contributed by atoms with E-state index in [1.54, 1.807) is 13.2 Å². The van der Waals surface area contributed by atoms with Gasteiger partial charge in [0.2, 0.25) is 11.8 Å². The Balaban J connectivity index is 1.66. The number of allylic oxidation sites excluding steroid dienone is 1. The minimum Gasteiger partial charge on any atom is -0.383 e. The van der Waals surface area contributed by atoms with E-state index >= 15 is 0 Å². The molecule has 0 saturated carbocycles. The summed E-state index contributed by atoms with van der Waals surface area (Å²) in [7, 11) is 1.54. The number of hydrogen-bond donors (Lipinski definition) is 0. The van der Waals surface area contributed by atoms with Crippen LogP contribution in [0.5, 0.6) is 0 Å². The maximum atomic E-state index is 13.7. The lowest BCUT2D eigenvalue weighted by Gasteiger charge is -2.38. The molecule has 2 amide bonds. The Morgan fingerprint density at radius 3 is 2.61 bits per heavy atom. The number of fused-ring (bicyclic) bond motifs is 5. The van der Waals surface area contributed by atoms with Crippen molar-refractivity contribution in [1.82, 2.24) is 4.90 Å². The number of ether oxygens (including phenoxy) is 1. The predicted octanol–water partition coefficient (Wildman–Crippen LogP) is 3.16. The Bertz CT molecular complexity index is 1110. The minimum atomic E-state index is -0.705. The van der Waals surface area contributed by atoms with Crippen LogP contribution in [0.25, 0.3) is 5.57 Å². The van der Waals surface area contributed by atoms with Gasteiger partial charge in [-0.2, -0.15) is 0 Å². The number of likely N-dealkylation sites (tertiary alicyclic amines) is 1. The molecule has 0 radical (unpaired) electrons. The zero-order chi connectivity index (χ0) is 21.9. The van der Waals surface area contributed by atoms with E-state index in [1.807, 2.05) is 42.3 Å². The Morgan fingerprint density at radius 2 is 1.90 bits per heavy atom. The lowest BCUT2D eigenvalue weighted by atomic mass is 9.86. The fourth-order valence-corrected chi connectivity index (χ4v) is 5.98. The molecule has 1 aromatic carbocycles. The van der Waals surface area contributed by atoms with Gasteiger partial charge in [0.1, 0.15) is 6.04 Å². The van der Waals surface area contributed by atoms with Crippen LogP contribution in [0.2, 0.25) is 0 Å². The Kier molecular flexibility index (Phi) is 4.83. The largest absolute Gasteiger partial charge is 0.383 e. The number of ketones is 1. The fraction of sp³-hybridized carbons (Fsp3) is 0.375. The quantitative estimate of drug-likeness (QED) is 0.532. The first-order valence-electron chi connectivity index (χ1n) is 10.4. The second-order valence-corrected chi connectivity index (χ2v) is 9.37. The Morgan fingerprint density at radius 1 is 1.13 bits per heavy atom. The van der Waals surface area contributed by atoms with Gasteiger partial charge in [-0.1, -0.05) is 23.8 Å². The average molecular weight is 437 g/mol. The van der Waals surface area contributed by atoms with Crippen molar-refractivity contribution in [1.29, 1.82) is 0 Å². The zero-order valence-electron chi connectivity index (χ0n) is 17.7. The SMILES string of the molecule is COCCN1C(=O)[C@@H]2[C@H](C1=O)[C@@H](C(=O)c1cccs1)N1c3ccc(C)cc3C(C)=C[C@@H]21. The molecule has 2 saturated heterocycles. The van der Waals surface area contributed by atoms with Crippen LogP contribution in [0.3, 0.4) is 0 Å². The third-order valence-electron chi connectivity index (χ3n) is 6.65. The van der Waals surface area contributed by atoms with E-state index in [2.05, 4.69) is 12.1 Å². The molecule has 3 aliphatic heterocycles. The fourth-order valence-electron chi connectivity index (χ4n) is 5.29. The van der Waals surface area contributed by atoms with Crippen LogP contribution >= 0.6 is 11.3 Å². The number of carbonyl (C=O) groups is 3. The van der Waals surface area contributed by atoms with Gasteiger partial charge in [-0.25, -0.2) is 0 Å². The maximum absolute atomic E-state index is 13.7. The first kappa shape index (κ1) is 20.2. The number of nitrogens with zero attached hydrogens (tertiary/aromatic N) is 2. The van der Waals surface area contributed by atoms with E-state index < -0.39 is 17.9 Å². The molecule has 0 spiro atoms. The van der Waals surface area contributed by atoms with Crippen LogP contribution in [0.4, 0.5) is 5.69 Å². The van der Waals surface area contributed by atoms with Gasteiger partial charge < -0.3 is 9.64 Å². The highest BCUT2D eigenvalue weighted by molar-refractivity contribution is 7.12. The van der Waals surface area contributed by atoms with E-state index in [-0.39, 0.29) is 36.8 Å². The minimum absolute atomic E-state index is 0.0956. The standard InChI is InChI=1S/C24H24N2O4S/c1-13-6-7-16-15(11-13)14(2)12-17-19-20(24(29)25(23(19)28)8-9-30-3)21(26(16)17)22(27)18-5-4-10-31-18/h4-7,10-12,17,19-21H,8-9H2,1-3H3/t17-,19-,20-,21-/m0/s1. The van der Waals surface area contributed by atoms with Crippen LogP contribution in [-0.2, 0) is 14.3 Å². The van der Waals surface area contributed by atoms with Crippen molar-refractivity contribution in [3.05, 3.63) is 57.8 Å². The molecular formula is C24H24N2O4S. The molecule has 31 heavy (non-hydrogen) atoms. The highest BCUT2D eigenvalue weighted by Gasteiger charge is 2.64. The van der Waals surface area contributed by atoms with Crippen LogP contribution in [-0.4, -0.2) is 54.8 Å². The van der Waals surface area contributed by atoms with Crippen LogP contribution in [0, 0.1) is 18.8 Å². The van der Waals surface area contributed by atoms with Crippen molar-refractivity contribution in [3.8, 4) is 0 Å². The van der Waals surface area contributed by atoms with Crippen LogP contribution in [0.1, 0.15) is 27.7 Å². The highest BCUT2D eigenvalue weighted by atomic mass is 32.1. The number of Topliss-reactive ketones (excluding diaryl/α,β-unsaturated/α-hetero) is 1. The molecule has 0 N–H and O–H groups in total. The highest BCUT2D eigenvalue weighted by Crippen LogP contribution is 2.50. The van der Waals surface area contributed by atoms with Crippen molar-refractivity contribution in [2.45, 2.75) is 25.9 Å². The molecule has 4 heterocycles. The molecule has 3 aliphatic rings. The summed E-state index contributed by atoms with van der Waals surface area (Å²) in [4.78, 5) is 44.4. The summed E-state index contributed by atoms with van der Waals surface area (Å²) in [6.07, 6.45) is 2.06. The van der Waals surface area contributed by atoms with Crippen LogP contribution < -0.4 is 4.90 Å². The number of thiophene rings is 1. The van der Waals surface area contributed by atoms with Crippen molar-refractivity contribution >= 4 is 40.2 Å². The van der Waals surface area contributed by atoms with Gasteiger partial charge in [-0.3, -0.25) is 19.3 Å². The van der Waals surface area contributed by atoms with Gasteiger partial charge in [0.25, 0.3) is 0 Å². The van der Waals surface area contributed by atoms with Crippen molar-refractivity contribution in [2.24, 2.45) is 11.8 Å². The first-order valence-corrected chi connectivity index (χ1v) is 11.3. The number of methoxy groups -OCH3 is 1. The number of rotatable bonds is 5. The van der Waals surface area contributed by atoms with Crippen molar-refractivity contribution in [2.75, 3.05) is 25.2 Å². The monoisotopic (exact) mass is 436 g/mol. The summed E-state index contributed by atoms with van der Waals surface area (Å²) in [5, 5.41) is 1.86. The second kappa shape index (κ2) is 7.43. The van der Waals surface area contributed by atoms with E-state index in [0.717, 1.165) is 22.4 Å². The summed E-state index contributed by atoms with van der Waals surface area (Å²) >= 11 is 1.37. The predicted molar refractivity (Wildman–Crippen MR) is 119 cm³/mol. The third kappa shape index (κ3) is 2.91. The molecule has 6 nitrogen and oxygen atoms in total. The third-order valence-corrected chi connectivity index (χ3v) is 7.53. The number of aryl methyl sites for hydroxylation is 1. The second-order valence-electron chi connectivity index (χ2n) is 8.43. The van der Waals surface area contributed by atoms with E-state index in [0.29, 0.717) is 4.88 Å². The smallest absolute Gasteiger partial charge is 0.235 e. The molecule has 0 unspecified atom stereocenters. The van der Waals surface area contributed by atoms with Gasteiger partial charge in [0.15, 0.2) is 5.78 Å². The number of anilines is 1. The lowest BCUT2D eigenvalue weighted by Crippen LogP contribution is -2.49. The molecule has 2 fully saturated rings. The average Bonchev–Trinajstić information content (AvgIpc) is 3.44. The molecular weight excluding hydrogens is 412 g/mol. The number of benzene rings is 1. The summed E-state index contributed by atoms with van der Waals surface area (Å²) in [5.74, 6) is -1.83. The number of hydrogen-bond acceptors (Lipinski definition) is 6. The summed E-state index contributed by atoms with van der Waals surface area (Å²) in [5.41, 5.74) is 4.17. The molecule has 160 valence electrons. The topological polar surface area (TPSA) is 66.9 Å². The number of imide groups is 1. The van der Waals surface area contributed by atoms with Crippen molar-refractivity contribution in [3.63, 3.8) is 0 Å². The normalized spacial score (nSPS) is 26.6. The Hall–Kier alpha value is -2.77. The van der Waals surface area contributed by atoms with Crippen molar-refractivity contribution < 1.29 is 19.1 Å². The van der Waals surface area contributed by atoms with E-state index in [9.17, 15) is 14.4 Å². The zero-order valence-corrected chi connectivity index (χ0v) is 18.5. The maximum Gasteiger partial charge on any atom is 0.235 e. The van der Waals surface area contributed by atoms with E-state index in [4.69, 9.17) is 4.74 Å². The number of amides is 2. The molecule has 1 aromatic heterocycles. The van der Waals surface area contributed by atoms with Gasteiger partial charge in [-0.05, 0) is 43.0 Å². The molecule has 4 atom stereocenters. The Labute approximate surface area is 185 Å². The molecule has 5 rings (SSSR count). The first-order chi connectivity index (χ1) is 14.9. The molecule has 0 aliphatic carbocycles. The molecule has 0 bridgehead atoms. The summed E-state index contributed by atoms with van der Waals surface area (Å²) in [6, 6.07) is 8.74. The summed E-state index contributed by atoms with van der Waals surface area (Å²) < 4.78 is 5.10. The molecule has 7 heteroatoms. The van der Waals surface area contributed by atoms with Gasteiger partial charge in [-0.15, -0.1) is 11.3 Å². The number of carbonyl (C=O) groups excluding carboxylic acids is 3. The van der Waals surface area contributed by atoms with Gasteiger partial charge in [0.05, 0.1) is 35.9 Å². The van der Waals surface area contributed by atoms with E-state index in [1.165, 1.54) is 16.2 Å². The van der Waals surface area contributed by atoms with Gasteiger partial charge >= 0.3 is 0 Å².